The number of piperidine rings is 1. The number of nitrogens with one attached hydrogen (secondary N) is 2. The number of aryl methyl sites for hydroxylation is 3. The van der Waals surface area contributed by atoms with E-state index in [1.165, 1.54) is 0 Å². The largest absolute Gasteiger partial charge is 0.496 e. The van der Waals surface area contributed by atoms with Crippen molar-refractivity contribution >= 4 is 38.6 Å². The van der Waals surface area contributed by atoms with Crippen LogP contribution in [0.15, 0.2) is 53.1 Å². The highest BCUT2D eigenvalue weighted by Gasteiger charge is 2.25. The number of aromatic nitrogens is 4. The highest BCUT2D eigenvalue weighted by Crippen LogP contribution is 2.42. The van der Waals surface area contributed by atoms with Crippen LogP contribution < -0.4 is 10.1 Å². The van der Waals surface area contributed by atoms with Crippen LogP contribution in [0.4, 0.5) is 0 Å². The molecule has 1 amide bonds. The van der Waals surface area contributed by atoms with Crippen LogP contribution in [0.5, 0.6) is 5.75 Å². The maximum Gasteiger partial charge on any atom is 0.252 e. The van der Waals surface area contributed by atoms with Crippen LogP contribution in [0.3, 0.4) is 0 Å². The summed E-state index contributed by atoms with van der Waals surface area (Å²) in [6, 6.07) is 16.8. The minimum absolute atomic E-state index is 0.0338. The Morgan fingerprint density at radius 1 is 1.00 bits per heavy atom. The van der Waals surface area contributed by atoms with Gasteiger partial charge in [-0.1, -0.05) is 35.5 Å². The molecule has 0 atom stereocenters. The third-order valence-corrected chi connectivity index (χ3v) is 9.20. The maximum absolute atomic E-state index is 13.7. The summed E-state index contributed by atoms with van der Waals surface area (Å²) >= 11 is 0. The summed E-state index contributed by atoms with van der Waals surface area (Å²) in [6.45, 7) is 12.2. The molecule has 1 aliphatic heterocycles. The smallest absolute Gasteiger partial charge is 0.252 e. The summed E-state index contributed by atoms with van der Waals surface area (Å²) in [5.74, 6) is 2.06. The third-order valence-electron chi connectivity index (χ3n) is 9.20. The number of likely N-dealkylation sites (tertiary alicyclic amines) is 1. The Kier molecular flexibility index (Phi) is 7.28. The van der Waals surface area contributed by atoms with Crippen LogP contribution in [-0.4, -0.2) is 63.2 Å². The molecule has 230 valence electrons. The zero-order valence-electron chi connectivity index (χ0n) is 26.6. The van der Waals surface area contributed by atoms with Crippen LogP contribution in [0.25, 0.3) is 55.1 Å². The van der Waals surface area contributed by atoms with Gasteiger partial charge in [-0.05, 0) is 76.4 Å². The predicted molar refractivity (Wildman–Crippen MR) is 178 cm³/mol. The number of hydrogen-bond acceptors (Lipinski definition) is 7. The summed E-state index contributed by atoms with van der Waals surface area (Å²) in [5.41, 5.74) is 6.68. The molecule has 45 heavy (non-hydrogen) atoms. The van der Waals surface area contributed by atoms with Crippen molar-refractivity contribution in [3.8, 4) is 28.1 Å². The molecule has 0 saturated carbocycles. The number of fused-ring (bicyclic) bond motifs is 4. The van der Waals surface area contributed by atoms with Crippen molar-refractivity contribution in [1.82, 2.24) is 30.3 Å². The Hall–Kier alpha value is -4.76. The van der Waals surface area contributed by atoms with Crippen LogP contribution >= 0.6 is 0 Å². The van der Waals surface area contributed by atoms with E-state index in [1.54, 1.807) is 7.11 Å². The number of benzene rings is 3. The van der Waals surface area contributed by atoms with Gasteiger partial charge in [0, 0.05) is 52.8 Å². The van der Waals surface area contributed by atoms with E-state index in [1.807, 2.05) is 57.2 Å². The highest BCUT2D eigenvalue weighted by molar-refractivity contribution is 6.17. The van der Waals surface area contributed by atoms with Gasteiger partial charge in [-0.3, -0.25) is 4.79 Å². The Labute approximate surface area is 262 Å². The second kappa shape index (κ2) is 11.3. The Morgan fingerprint density at radius 3 is 2.44 bits per heavy atom. The van der Waals surface area contributed by atoms with Crippen LogP contribution in [0.1, 0.15) is 54.3 Å². The zero-order valence-corrected chi connectivity index (χ0v) is 26.6. The van der Waals surface area contributed by atoms with Gasteiger partial charge >= 0.3 is 0 Å². The Balaban J connectivity index is 1.34. The molecule has 9 nitrogen and oxygen atoms in total. The number of H-pyrrole nitrogens is 1. The fourth-order valence-electron chi connectivity index (χ4n) is 6.89. The molecule has 0 bridgehead atoms. The van der Waals surface area contributed by atoms with E-state index in [-0.39, 0.29) is 11.9 Å². The van der Waals surface area contributed by atoms with Gasteiger partial charge in [0.15, 0.2) is 0 Å². The van der Waals surface area contributed by atoms with Gasteiger partial charge in [-0.25, -0.2) is 9.97 Å². The minimum atomic E-state index is -0.0338. The molecule has 1 fully saturated rings. The fraction of sp³-hybridized carbons (Fsp3) is 0.333. The molecule has 0 unspecified atom stereocenters. The first-order chi connectivity index (χ1) is 21.7. The van der Waals surface area contributed by atoms with Gasteiger partial charge in [0.2, 0.25) is 0 Å². The quantitative estimate of drug-likeness (QED) is 0.209. The van der Waals surface area contributed by atoms with E-state index in [0.29, 0.717) is 23.2 Å². The summed E-state index contributed by atoms with van der Waals surface area (Å²) in [6.07, 6.45) is 1.92. The molecule has 0 aliphatic carbocycles. The molecule has 7 rings (SSSR count). The molecule has 0 spiro atoms. The first-order valence-corrected chi connectivity index (χ1v) is 15.6. The average molecular weight is 603 g/mol. The van der Waals surface area contributed by atoms with Crippen molar-refractivity contribution in [2.75, 3.05) is 20.2 Å². The van der Waals surface area contributed by atoms with Crippen LogP contribution in [0, 0.1) is 20.8 Å². The topological polar surface area (TPSA) is 109 Å². The molecular formula is C36H38N6O3. The van der Waals surface area contributed by atoms with Crippen LogP contribution in [0.2, 0.25) is 0 Å². The maximum atomic E-state index is 13.7. The number of methoxy groups -OCH3 is 1. The zero-order chi connectivity index (χ0) is 31.4. The predicted octanol–water partition coefficient (Wildman–Crippen LogP) is 7.12. The van der Waals surface area contributed by atoms with E-state index < -0.39 is 0 Å². The number of hydrogen-bond donors (Lipinski definition) is 2. The number of rotatable bonds is 6. The summed E-state index contributed by atoms with van der Waals surface area (Å²) in [5, 5.41) is 11.2. The second-order valence-electron chi connectivity index (χ2n) is 12.3. The molecule has 9 heteroatoms. The van der Waals surface area contributed by atoms with E-state index >= 15 is 0 Å². The van der Waals surface area contributed by atoms with Crippen molar-refractivity contribution < 1.29 is 14.1 Å². The van der Waals surface area contributed by atoms with Crippen molar-refractivity contribution in [1.29, 1.82) is 0 Å². The molecule has 2 N–H and O–H groups in total. The lowest BCUT2D eigenvalue weighted by molar-refractivity contribution is 0.0902. The molecular weight excluding hydrogens is 564 g/mol. The van der Waals surface area contributed by atoms with Crippen molar-refractivity contribution in [2.24, 2.45) is 0 Å². The molecule has 1 saturated heterocycles. The van der Waals surface area contributed by atoms with Crippen LogP contribution in [-0.2, 0) is 0 Å². The summed E-state index contributed by atoms with van der Waals surface area (Å²) < 4.78 is 11.4. The minimum Gasteiger partial charge on any atom is -0.496 e. The van der Waals surface area contributed by atoms with E-state index in [0.717, 1.165) is 92.5 Å². The fourth-order valence-corrected chi connectivity index (χ4v) is 6.89. The lowest BCUT2D eigenvalue weighted by Gasteiger charge is -2.34. The number of amides is 1. The molecule has 3 aromatic heterocycles. The lowest BCUT2D eigenvalue weighted by atomic mass is 9.94. The van der Waals surface area contributed by atoms with Gasteiger partial charge in [0.1, 0.15) is 23.0 Å². The van der Waals surface area contributed by atoms with E-state index in [2.05, 4.69) is 46.3 Å². The first kappa shape index (κ1) is 29.0. The monoisotopic (exact) mass is 602 g/mol. The number of carbonyl (C=O) groups is 1. The van der Waals surface area contributed by atoms with Gasteiger partial charge in [-0.2, -0.15) is 0 Å². The first-order valence-electron chi connectivity index (χ1n) is 15.6. The molecule has 0 radical (unpaired) electrons. The average Bonchev–Trinajstić information content (AvgIpc) is 3.56. The SMILES string of the molecule is COc1cc2c(cc1-c1c(C)noc1C)[nH]c1nc(C)nc(-c3ccc(C(=O)NC4CCN(C(C)C)CC4)c4ccccc34)c12. The van der Waals surface area contributed by atoms with Gasteiger partial charge in [0.05, 0.1) is 29.4 Å². The van der Waals surface area contributed by atoms with Crippen molar-refractivity contribution in [3.63, 3.8) is 0 Å². The number of carbonyl (C=O) groups excluding carboxylic acids is 1. The standard InChI is InChI=1S/C36H38N6O3/c1-19(2)42-15-13-23(14-16-42)39-36(43)27-12-11-26(24-9-7-8-10-25(24)27)34-33-28-18-31(44-6)29(32-20(3)41-45-21(32)4)17-30(28)40-35(33)38-22(5)37-34/h7-12,17-19,23H,13-16H2,1-6H3,(H,39,43)(H,37,38,40). The molecule has 6 aromatic rings. The Bertz CT molecular complexity index is 2060. The number of nitrogens with zero attached hydrogens (tertiary/aromatic N) is 4. The molecule has 4 heterocycles. The number of ether oxygens (including phenoxy) is 1. The summed E-state index contributed by atoms with van der Waals surface area (Å²) in [7, 11) is 1.67. The van der Waals surface area contributed by atoms with Crippen molar-refractivity contribution in [3.05, 3.63) is 71.4 Å². The Morgan fingerprint density at radius 2 is 1.76 bits per heavy atom. The molecule has 3 aromatic carbocycles. The van der Waals surface area contributed by atoms with E-state index in [4.69, 9.17) is 19.2 Å². The molecule has 1 aliphatic rings. The van der Waals surface area contributed by atoms with Gasteiger partial charge in [-0.15, -0.1) is 0 Å². The number of aromatic amines is 1. The lowest BCUT2D eigenvalue weighted by Crippen LogP contribution is -2.46. The second-order valence-corrected chi connectivity index (χ2v) is 12.3. The van der Waals surface area contributed by atoms with Gasteiger partial charge in [0.25, 0.3) is 5.91 Å². The third kappa shape index (κ3) is 5.01. The highest BCUT2D eigenvalue weighted by atomic mass is 16.5. The summed E-state index contributed by atoms with van der Waals surface area (Å²) in [4.78, 5) is 29.4. The van der Waals surface area contributed by atoms with Crippen molar-refractivity contribution in [2.45, 2.75) is 59.5 Å². The normalized spacial score (nSPS) is 14.6. The van der Waals surface area contributed by atoms with E-state index in [9.17, 15) is 4.79 Å². The van der Waals surface area contributed by atoms with Gasteiger partial charge < -0.3 is 24.5 Å².